The molecule has 1 heterocycles. The van der Waals surface area contributed by atoms with Crippen LogP contribution in [0.15, 0.2) is 66.7 Å². The molecule has 3 aromatic rings. The van der Waals surface area contributed by atoms with Gasteiger partial charge in [-0.1, -0.05) is 48.0 Å². The van der Waals surface area contributed by atoms with Crippen LogP contribution in [0, 0.1) is 0 Å². The molecule has 0 saturated carbocycles. The molecule has 1 aliphatic rings. The van der Waals surface area contributed by atoms with Crippen molar-refractivity contribution < 1.29 is 23.9 Å². The summed E-state index contributed by atoms with van der Waals surface area (Å²) in [7, 11) is 1.56. The number of methoxy groups -OCH3 is 1. The van der Waals surface area contributed by atoms with Crippen molar-refractivity contribution in [1.82, 2.24) is 4.90 Å². The Hall–Kier alpha value is -3.68. The van der Waals surface area contributed by atoms with Crippen LogP contribution >= 0.6 is 11.6 Å². The minimum atomic E-state index is -0.460. The molecule has 33 heavy (non-hydrogen) atoms. The maximum absolute atomic E-state index is 12.9. The highest BCUT2D eigenvalue weighted by Gasteiger charge is 2.36. The summed E-state index contributed by atoms with van der Waals surface area (Å²) in [5.74, 6) is -0.946. The van der Waals surface area contributed by atoms with E-state index in [-0.39, 0.29) is 35.7 Å². The van der Waals surface area contributed by atoms with Crippen LogP contribution in [0.5, 0.6) is 5.75 Å². The standard InChI is InChI=1S/C25H21ClN2O5/c1-32-12-13-33-22-20(26)8-5-9-21(22)27-23(29)17-10-11-18-19(14-17)25(31)28(24(18)30)15-16-6-3-2-4-7-16/h2-11,14H,12-13,15H2,1H3,(H,27,29). The van der Waals surface area contributed by atoms with E-state index in [0.717, 1.165) is 5.56 Å². The van der Waals surface area contributed by atoms with Gasteiger partial charge in [0.2, 0.25) is 0 Å². The number of halogens is 1. The third-order valence-electron chi connectivity index (χ3n) is 5.17. The fourth-order valence-electron chi connectivity index (χ4n) is 3.52. The van der Waals surface area contributed by atoms with Crippen molar-refractivity contribution in [3.8, 4) is 5.75 Å². The van der Waals surface area contributed by atoms with Crippen molar-refractivity contribution in [3.63, 3.8) is 0 Å². The van der Waals surface area contributed by atoms with Crippen molar-refractivity contribution in [2.24, 2.45) is 0 Å². The molecule has 0 bridgehead atoms. The summed E-state index contributed by atoms with van der Waals surface area (Å²) < 4.78 is 10.6. The minimum Gasteiger partial charge on any atom is -0.487 e. The number of ether oxygens (including phenoxy) is 2. The maximum atomic E-state index is 12.9. The number of nitrogens with one attached hydrogen (secondary N) is 1. The third kappa shape index (κ3) is 4.74. The van der Waals surface area contributed by atoms with Gasteiger partial charge in [0, 0.05) is 12.7 Å². The number of rotatable bonds is 8. The van der Waals surface area contributed by atoms with Gasteiger partial charge in [-0.05, 0) is 35.9 Å². The molecule has 0 unspecified atom stereocenters. The Morgan fingerprint density at radius 2 is 1.70 bits per heavy atom. The number of fused-ring (bicyclic) bond motifs is 1. The van der Waals surface area contributed by atoms with E-state index < -0.39 is 11.8 Å². The first-order valence-electron chi connectivity index (χ1n) is 10.3. The summed E-state index contributed by atoms with van der Waals surface area (Å²) >= 11 is 6.23. The van der Waals surface area contributed by atoms with Crippen LogP contribution in [0.1, 0.15) is 36.6 Å². The number of benzene rings is 3. The summed E-state index contributed by atoms with van der Waals surface area (Å²) in [5.41, 5.74) is 1.94. The highest BCUT2D eigenvalue weighted by molar-refractivity contribution is 6.32. The normalized spacial score (nSPS) is 12.6. The lowest BCUT2D eigenvalue weighted by atomic mass is 10.1. The first-order chi connectivity index (χ1) is 16.0. The van der Waals surface area contributed by atoms with Crippen LogP contribution in [0.2, 0.25) is 5.02 Å². The van der Waals surface area contributed by atoms with Crippen molar-refractivity contribution in [3.05, 3.63) is 94.0 Å². The van der Waals surface area contributed by atoms with Gasteiger partial charge < -0.3 is 14.8 Å². The van der Waals surface area contributed by atoms with E-state index >= 15 is 0 Å². The van der Waals surface area contributed by atoms with E-state index in [2.05, 4.69) is 5.32 Å². The molecule has 0 saturated heterocycles. The Labute approximate surface area is 195 Å². The van der Waals surface area contributed by atoms with Crippen molar-refractivity contribution >= 4 is 35.0 Å². The Balaban J connectivity index is 1.54. The zero-order valence-electron chi connectivity index (χ0n) is 17.8. The van der Waals surface area contributed by atoms with Crippen molar-refractivity contribution in [2.45, 2.75) is 6.54 Å². The van der Waals surface area contributed by atoms with Gasteiger partial charge in [0.1, 0.15) is 6.61 Å². The van der Waals surface area contributed by atoms with E-state index in [1.807, 2.05) is 30.3 Å². The summed E-state index contributed by atoms with van der Waals surface area (Å²) in [6.07, 6.45) is 0. The van der Waals surface area contributed by atoms with Crippen LogP contribution in [0.3, 0.4) is 0 Å². The molecule has 0 aromatic heterocycles. The predicted molar refractivity (Wildman–Crippen MR) is 124 cm³/mol. The topological polar surface area (TPSA) is 84.9 Å². The molecule has 0 atom stereocenters. The number of carbonyl (C=O) groups excluding carboxylic acids is 3. The number of para-hydroxylation sites is 1. The minimum absolute atomic E-state index is 0.166. The Kier molecular flexibility index (Phi) is 6.72. The SMILES string of the molecule is COCCOc1c(Cl)cccc1NC(=O)c1ccc2c(c1)C(=O)N(Cc1ccccc1)C2=O. The highest BCUT2D eigenvalue weighted by Crippen LogP contribution is 2.33. The quantitative estimate of drug-likeness (QED) is 0.394. The fourth-order valence-corrected chi connectivity index (χ4v) is 3.75. The molecule has 0 spiro atoms. The van der Waals surface area contributed by atoms with Gasteiger partial charge in [0.05, 0.1) is 35.0 Å². The zero-order valence-corrected chi connectivity index (χ0v) is 18.6. The molecule has 0 aliphatic carbocycles. The maximum Gasteiger partial charge on any atom is 0.261 e. The van der Waals surface area contributed by atoms with E-state index in [1.165, 1.54) is 23.1 Å². The monoisotopic (exact) mass is 464 g/mol. The van der Waals surface area contributed by atoms with Crippen molar-refractivity contribution in [2.75, 3.05) is 25.6 Å². The van der Waals surface area contributed by atoms with Gasteiger partial charge in [-0.25, -0.2) is 0 Å². The number of carbonyl (C=O) groups is 3. The molecule has 4 rings (SSSR count). The molecular formula is C25H21ClN2O5. The van der Waals surface area contributed by atoms with Gasteiger partial charge in [0.25, 0.3) is 17.7 Å². The first-order valence-corrected chi connectivity index (χ1v) is 10.6. The van der Waals surface area contributed by atoms with Crippen LogP contribution in [0.25, 0.3) is 0 Å². The summed E-state index contributed by atoms with van der Waals surface area (Å²) in [6, 6.07) is 18.7. The van der Waals surface area contributed by atoms with Crippen LogP contribution < -0.4 is 10.1 Å². The second-order valence-corrected chi connectivity index (χ2v) is 7.76. The number of nitrogens with zero attached hydrogens (tertiary/aromatic N) is 1. The second kappa shape index (κ2) is 9.85. The largest absolute Gasteiger partial charge is 0.487 e. The van der Waals surface area contributed by atoms with Gasteiger partial charge in [-0.3, -0.25) is 19.3 Å². The number of hydrogen-bond acceptors (Lipinski definition) is 5. The van der Waals surface area contributed by atoms with E-state index in [4.69, 9.17) is 21.1 Å². The van der Waals surface area contributed by atoms with Gasteiger partial charge in [-0.15, -0.1) is 0 Å². The number of hydrogen-bond donors (Lipinski definition) is 1. The average Bonchev–Trinajstić information content (AvgIpc) is 3.06. The second-order valence-electron chi connectivity index (χ2n) is 7.35. The van der Waals surface area contributed by atoms with Crippen LogP contribution in [0.4, 0.5) is 5.69 Å². The van der Waals surface area contributed by atoms with E-state index in [9.17, 15) is 14.4 Å². The molecule has 7 nitrogen and oxygen atoms in total. The molecule has 3 amide bonds. The van der Waals surface area contributed by atoms with Crippen molar-refractivity contribution in [1.29, 1.82) is 0 Å². The van der Waals surface area contributed by atoms with E-state index in [0.29, 0.717) is 23.1 Å². The highest BCUT2D eigenvalue weighted by atomic mass is 35.5. The van der Waals surface area contributed by atoms with Gasteiger partial charge in [-0.2, -0.15) is 0 Å². The van der Waals surface area contributed by atoms with E-state index in [1.54, 1.807) is 25.3 Å². The molecule has 0 fully saturated rings. The molecule has 0 radical (unpaired) electrons. The molecular weight excluding hydrogens is 444 g/mol. The summed E-state index contributed by atoms with van der Waals surface area (Å²) in [6.45, 7) is 0.786. The van der Waals surface area contributed by atoms with Gasteiger partial charge in [0.15, 0.2) is 5.75 Å². The third-order valence-corrected chi connectivity index (χ3v) is 5.46. The lowest BCUT2D eigenvalue weighted by molar-refractivity contribution is 0.0642. The molecule has 1 N–H and O–H groups in total. The molecule has 1 aliphatic heterocycles. The average molecular weight is 465 g/mol. The Bertz CT molecular complexity index is 1210. The molecule has 168 valence electrons. The Morgan fingerprint density at radius 1 is 0.939 bits per heavy atom. The van der Waals surface area contributed by atoms with Gasteiger partial charge >= 0.3 is 0 Å². The number of anilines is 1. The summed E-state index contributed by atoms with van der Waals surface area (Å²) in [4.78, 5) is 39.8. The summed E-state index contributed by atoms with van der Waals surface area (Å²) in [5, 5.41) is 3.11. The Morgan fingerprint density at radius 3 is 2.45 bits per heavy atom. The number of imide groups is 1. The zero-order chi connectivity index (χ0) is 23.4. The first kappa shape index (κ1) is 22.5. The molecule has 3 aromatic carbocycles. The lowest BCUT2D eigenvalue weighted by Crippen LogP contribution is -2.29. The smallest absolute Gasteiger partial charge is 0.261 e. The van der Waals surface area contributed by atoms with Crippen LogP contribution in [-0.4, -0.2) is 42.9 Å². The number of amides is 3. The van der Waals surface area contributed by atoms with Crippen LogP contribution in [-0.2, 0) is 11.3 Å². The predicted octanol–water partition coefficient (Wildman–Crippen LogP) is 4.41. The molecule has 8 heteroatoms. The fraction of sp³-hybridized carbons (Fsp3) is 0.160. The lowest BCUT2D eigenvalue weighted by Gasteiger charge is -2.14.